The van der Waals surface area contributed by atoms with Crippen LogP contribution in [-0.2, 0) is 6.54 Å². The van der Waals surface area contributed by atoms with E-state index in [1.165, 1.54) is 25.3 Å². The van der Waals surface area contributed by atoms with Gasteiger partial charge < -0.3 is 14.5 Å². The molecule has 2 N–H and O–H groups in total. The predicted octanol–water partition coefficient (Wildman–Crippen LogP) is 2.90. The maximum Gasteiger partial charge on any atom is 0.336 e. The number of fused-ring (bicyclic) bond motifs is 1. The van der Waals surface area contributed by atoms with Crippen LogP contribution in [0.3, 0.4) is 0 Å². The summed E-state index contributed by atoms with van der Waals surface area (Å²) in [5, 5.41) is 2.68. The SMILES string of the molecule is COc1ccc2c(C[NH2+][C@@H](C)c3ccc(F)cc3F)cc(=O)oc2c1. The van der Waals surface area contributed by atoms with E-state index in [1.54, 1.807) is 12.1 Å². The van der Waals surface area contributed by atoms with Crippen LogP contribution in [0, 0.1) is 11.6 Å². The van der Waals surface area contributed by atoms with E-state index in [0.717, 1.165) is 17.0 Å². The van der Waals surface area contributed by atoms with E-state index >= 15 is 0 Å². The molecular formula is C19H18F2NO3+. The minimum absolute atomic E-state index is 0.235. The van der Waals surface area contributed by atoms with Crippen LogP contribution < -0.4 is 15.7 Å². The van der Waals surface area contributed by atoms with Crippen molar-refractivity contribution < 1.29 is 23.3 Å². The molecule has 0 aliphatic rings. The summed E-state index contributed by atoms with van der Waals surface area (Å²) in [5.74, 6) is -0.585. The molecule has 0 amide bonds. The molecule has 3 rings (SSSR count). The molecule has 6 heteroatoms. The monoisotopic (exact) mass is 346 g/mol. The van der Waals surface area contributed by atoms with Crippen molar-refractivity contribution in [3.8, 4) is 5.75 Å². The van der Waals surface area contributed by atoms with Crippen LogP contribution in [-0.4, -0.2) is 7.11 Å². The second-order valence-electron chi connectivity index (χ2n) is 5.85. The van der Waals surface area contributed by atoms with Crippen molar-refractivity contribution in [3.05, 3.63) is 75.6 Å². The van der Waals surface area contributed by atoms with Gasteiger partial charge in [0.2, 0.25) is 0 Å². The Hall–Kier alpha value is -2.73. The maximum atomic E-state index is 13.9. The number of nitrogens with two attached hydrogens (primary N) is 1. The maximum absolute atomic E-state index is 13.9. The van der Waals surface area contributed by atoms with Gasteiger partial charge in [-0.1, -0.05) is 0 Å². The van der Waals surface area contributed by atoms with Gasteiger partial charge >= 0.3 is 5.63 Å². The molecule has 2 aromatic carbocycles. The second-order valence-corrected chi connectivity index (χ2v) is 5.85. The molecule has 0 bridgehead atoms. The highest BCUT2D eigenvalue weighted by atomic mass is 19.1. The van der Waals surface area contributed by atoms with Crippen LogP contribution in [0.25, 0.3) is 11.0 Å². The Labute approximate surface area is 143 Å². The number of ether oxygens (including phenoxy) is 1. The zero-order chi connectivity index (χ0) is 18.0. The van der Waals surface area contributed by atoms with E-state index in [0.29, 0.717) is 23.4 Å². The number of hydrogen-bond donors (Lipinski definition) is 1. The number of rotatable bonds is 5. The van der Waals surface area contributed by atoms with Gasteiger partial charge in [-0.3, -0.25) is 0 Å². The first-order valence-electron chi connectivity index (χ1n) is 7.87. The average Bonchev–Trinajstić information content (AvgIpc) is 2.58. The number of methoxy groups -OCH3 is 1. The summed E-state index contributed by atoms with van der Waals surface area (Å²) in [6.45, 7) is 2.28. The van der Waals surface area contributed by atoms with E-state index in [9.17, 15) is 13.6 Å². The van der Waals surface area contributed by atoms with Gasteiger partial charge in [0.05, 0.1) is 7.11 Å². The Kier molecular flexibility index (Phi) is 4.81. The van der Waals surface area contributed by atoms with Gasteiger partial charge in [-0.25, -0.2) is 13.6 Å². The molecule has 0 fully saturated rings. The van der Waals surface area contributed by atoms with E-state index in [-0.39, 0.29) is 6.04 Å². The molecule has 0 spiro atoms. The van der Waals surface area contributed by atoms with Crippen LogP contribution >= 0.6 is 0 Å². The van der Waals surface area contributed by atoms with E-state index in [4.69, 9.17) is 9.15 Å². The smallest absolute Gasteiger partial charge is 0.336 e. The van der Waals surface area contributed by atoms with Gasteiger partial charge in [-0.2, -0.15) is 0 Å². The summed E-state index contributed by atoms with van der Waals surface area (Å²) >= 11 is 0. The summed E-state index contributed by atoms with van der Waals surface area (Å²) in [6, 6.07) is 10.0. The third-order valence-electron chi connectivity index (χ3n) is 4.18. The number of hydrogen-bond acceptors (Lipinski definition) is 3. The van der Waals surface area contributed by atoms with Gasteiger partial charge in [0.25, 0.3) is 0 Å². The molecule has 1 aromatic heterocycles. The zero-order valence-corrected chi connectivity index (χ0v) is 13.9. The van der Waals surface area contributed by atoms with Crippen molar-refractivity contribution >= 4 is 11.0 Å². The molecule has 0 saturated heterocycles. The summed E-state index contributed by atoms with van der Waals surface area (Å²) in [4.78, 5) is 11.8. The van der Waals surface area contributed by atoms with Crippen LogP contribution in [0.15, 0.2) is 51.7 Å². The van der Waals surface area contributed by atoms with Crippen LogP contribution in [0.1, 0.15) is 24.1 Å². The third-order valence-corrected chi connectivity index (χ3v) is 4.18. The normalized spacial score (nSPS) is 12.3. The van der Waals surface area contributed by atoms with Crippen LogP contribution in [0.2, 0.25) is 0 Å². The van der Waals surface area contributed by atoms with Crippen LogP contribution in [0.5, 0.6) is 5.75 Å². The Morgan fingerprint density at radius 3 is 2.68 bits per heavy atom. The minimum Gasteiger partial charge on any atom is -0.497 e. The average molecular weight is 346 g/mol. The molecule has 0 radical (unpaired) electrons. The fourth-order valence-corrected chi connectivity index (χ4v) is 2.81. The number of quaternary nitrogens is 1. The highest BCUT2D eigenvalue weighted by Gasteiger charge is 2.16. The predicted molar refractivity (Wildman–Crippen MR) is 89.4 cm³/mol. The van der Waals surface area contributed by atoms with Crippen molar-refractivity contribution in [2.24, 2.45) is 0 Å². The van der Waals surface area contributed by atoms with Crippen molar-refractivity contribution in [3.63, 3.8) is 0 Å². The van der Waals surface area contributed by atoms with Gasteiger partial charge in [0.1, 0.15) is 35.6 Å². The van der Waals surface area contributed by atoms with Gasteiger partial charge in [-0.15, -0.1) is 0 Å². The van der Waals surface area contributed by atoms with E-state index < -0.39 is 17.3 Å². The molecule has 25 heavy (non-hydrogen) atoms. The van der Waals surface area contributed by atoms with E-state index in [1.807, 2.05) is 18.3 Å². The Morgan fingerprint density at radius 2 is 1.96 bits per heavy atom. The lowest BCUT2D eigenvalue weighted by atomic mass is 10.1. The lowest BCUT2D eigenvalue weighted by Crippen LogP contribution is -2.83. The van der Waals surface area contributed by atoms with E-state index in [2.05, 4.69) is 0 Å². The van der Waals surface area contributed by atoms with Crippen LogP contribution in [0.4, 0.5) is 8.78 Å². The molecule has 0 aliphatic heterocycles. The Balaban J connectivity index is 1.86. The molecule has 1 heterocycles. The standard InChI is InChI=1S/C19H17F2NO3/c1-11(15-5-3-13(20)8-17(15)21)22-10-12-7-19(23)25-18-9-14(24-2)4-6-16(12)18/h3-9,11,22H,10H2,1-2H3/p+1/t11-/m0/s1. The quantitative estimate of drug-likeness (QED) is 0.723. The Morgan fingerprint density at radius 1 is 1.16 bits per heavy atom. The third kappa shape index (κ3) is 3.69. The highest BCUT2D eigenvalue weighted by Crippen LogP contribution is 2.22. The summed E-state index contributed by atoms with van der Waals surface area (Å²) in [5.41, 5.74) is 1.18. The summed E-state index contributed by atoms with van der Waals surface area (Å²) < 4.78 is 37.3. The Bertz CT molecular complexity index is 969. The van der Waals surface area contributed by atoms with Gasteiger partial charge in [0.15, 0.2) is 0 Å². The van der Waals surface area contributed by atoms with Crippen molar-refractivity contribution in [2.75, 3.05) is 7.11 Å². The molecule has 0 unspecified atom stereocenters. The zero-order valence-electron chi connectivity index (χ0n) is 13.9. The van der Waals surface area contributed by atoms with Gasteiger partial charge in [0, 0.05) is 34.7 Å². The molecule has 0 aliphatic carbocycles. The van der Waals surface area contributed by atoms with Crippen molar-refractivity contribution in [1.29, 1.82) is 0 Å². The highest BCUT2D eigenvalue weighted by molar-refractivity contribution is 5.81. The molecule has 130 valence electrons. The first kappa shape index (κ1) is 17.1. The lowest BCUT2D eigenvalue weighted by molar-refractivity contribution is -0.708. The summed E-state index contributed by atoms with van der Waals surface area (Å²) in [7, 11) is 1.54. The molecule has 1 atom stereocenters. The minimum atomic E-state index is -0.603. The first-order chi connectivity index (χ1) is 12.0. The number of benzene rings is 2. The number of halogens is 2. The largest absolute Gasteiger partial charge is 0.497 e. The van der Waals surface area contributed by atoms with Gasteiger partial charge in [-0.05, 0) is 31.2 Å². The van der Waals surface area contributed by atoms with Crippen molar-refractivity contribution in [1.82, 2.24) is 0 Å². The topological polar surface area (TPSA) is 56.0 Å². The first-order valence-corrected chi connectivity index (χ1v) is 7.87. The lowest BCUT2D eigenvalue weighted by Gasteiger charge is -2.13. The molecule has 4 nitrogen and oxygen atoms in total. The molecular weight excluding hydrogens is 328 g/mol. The fourth-order valence-electron chi connectivity index (χ4n) is 2.81. The molecule has 0 saturated carbocycles. The summed E-state index contributed by atoms with van der Waals surface area (Å²) in [6.07, 6.45) is 0. The molecule has 3 aromatic rings. The second kappa shape index (κ2) is 7.03. The van der Waals surface area contributed by atoms with Crippen molar-refractivity contribution in [2.45, 2.75) is 19.5 Å². The fraction of sp³-hybridized carbons (Fsp3) is 0.211.